The quantitative estimate of drug-likeness (QED) is 0.673. The zero-order chi connectivity index (χ0) is 21.3. The van der Waals surface area contributed by atoms with Gasteiger partial charge in [0.2, 0.25) is 0 Å². The Hall–Kier alpha value is -3.88. The zero-order valence-electron chi connectivity index (χ0n) is 16.8. The monoisotopic (exact) mass is 407 g/mol. The lowest BCUT2D eigenvalue weighted by Gasteiger charge is -2.23. The standard InChI is InChI=1S/C21H21N5O4/c1-4-29-16-8-6-15(7-9-16)26-12(2)19(24-25-26)21(28)22-14-5-10-18-17(11-14)23-20(27)13(3)30-18/h5-11,13H,4H2,1-3H3,(H,22,28)(H,23,27)/t13-/m1/s1. The van der Waals surface area contributed by atoms with Gasteiger partial charge in [0.05, 0.1) is 23.7 Å². The molecule has 0 aliphatic carbocycles. The van der Waals surface area contributed by atoms with Crippen molar-refractivity contribution in [3.8, 4) is 17.2 Å². The summed E-state index contributed by atoms with van der Waals surface area (Å²) in [5.41, 5.74) is 2.58. The summed E-state index contributed by atoms with van der Waals surface area (Å²) in [7, 11) is 0. The smallest absolute Gasteiger partial charge is 0.278 e. The number of benzene rings is 2. The molecule has 0 saturated carbocycles. The van der Waals surface area contributed by atoms with Gasteiger partial charge in [-0.25, -0.2) is 4.68 Å². The summed E-state index contributed by atoms with van der Waals surface area (Å²) in [5, 5.41) is 13.7. The highest BCUT2D eigenvalue weighted by Crippen LogP contribution is 2.32. The second-order valence-corrected chi connectivity index (χ2v) is 6.78. The highest BCUT2D eigenvalue weighted by atomic mass is 16.5. The number of nitrogens with one attached hydrogen (secondary N) is 2. The van der Waals surface area contributed by atoms with E-state index in [1.165, 1.54) is 0 Å². The molecule has 0 fully saturated rings. The molecule has 2 aromatic carbocycles. The molecule has 0 radical (unpaired) electrons. The number of anilines is 2. The van der Waals surface area contributed by atoms with Gasteiger partial charge in [-0.1, -0.05) is 5.21 Å². The molecular weight excluding hydrogens is 386 g/mol. The minimum Gasteiger partial charge on any atom is -0.494 e. The Balaban J connectivity index is 1.52. The average Bonchev–Trinajstić information content (AvgIpc) is 3.11. The topological polar surface area (TPSA) is 107 Å². The van der Waals surface area contributed by atoms with E-state index in [2.05, 4.69) is 20.9 Å². The van der Waals surface area contributed by atoms with E-state index in [9.17, 15) is 9.59 Å². The van der Waals surface area contributed by atoms with E-state index in [1.807, 2.05) is 31.2 Å². The van der Waals surface area contributed by atoms with Crippen molar-refractivity contribution in [2.24, 2.45) is 0 Å². The van der Waals surface area contributed by atoms with Crippen molar-refractivity contribution >= 4 is 23.2 Å². The Kier molecular flexibility index (Phi) is 5.09. The van der Waals surface area contributed by atoms with Crippen LogP contribution in [0.5, 0.6) is 11.5 Å². The summed E-state index contributed by atoms with van der Waals surface area (Å²) in [6.07, 6.45) is -0.557. The van der Waals surface area contributed by atoms with E-state index in [0.717, 1.165) is 11.4 Å². The molecule has 2 amide bonds. The summed E-state index contributed by atoms with van der Waals surface area (Å²) in [6.45, 7) is 5.95. The fourth-order valence-corrected chi connectivity index (χ4v) is 3.11. The van der Waals surface area contributed by atoms with Crippen molar-refractivity contribution in [1.82, 2.24) is 15.0 Å². The van der Waals surface area contributed by atoms with E-state index in [4.69, 9.17) is 9.47 Å². The molecule has 1 aliphatic heterocycles. The first-order valence-electron chi connectivity index (χ1n) is 9.54. The molecule has 0 bridgehead atoms. The lowest BCUT2D eigenvalue weighted by Crippen LogP contribution is -2.34. The molecule has 4 rings (SSSR count). The summed E-state index contributed by atoms with van der Waals surface area (Å²) >= 11 is 0. The van der Waals surface area contributed by atoms with Crippen molar-refractivity contribution in [2.45, 2.75) is 26.9 Å². The molecular formula is C21H21N5O4. The van der Waals surface area contributed by atoms with Crippen LogP contribution >= 0.6 is 0 Å². The number of aromatic nitrogens is 3. The van der Waals surface area contributed by atoms with Crippen LogP contribution in [0.4, 0.5) is 11.4 Å². The zero-order valence-corrected chi connectivity index (χ0v) is 16.8. The number of carbonyl (C=O) groups is 2. The van der Waals surface area contributed by atoms with Gasteiger partial charge in [0.15, 0.2) is 11.8 Å². The van der Waals surface area contributed by atoms with E-state index in [0.29, 0.717) is 29.4 Å². The van der Waals surface area contributed by atoms with Gasteiger partial charge in [-0.05, 0) is 63.2 Å². The molecule has 0 unspecified atom stereocenters. The number of rotatable bonds is 5. The van der Waals surface area contributed by atoms with Crippen LogP contribution in [0.3, 0.4) is 0 Å². The predicted molar refractivity (Wildman–Crippen MR) is 110 cm³/mol. The lowest BCUT2D eigenvalue weighted by atomic mass is 10.2. The first kappa shape index (κ1) is 19.4. The minimum absolute atomic E-state index is 0.204. The number of carbonyl (C=O) groups excluding carboxylic acids is 2. The maximum absolute atomic E-state index is 12.7. The highest BCUT2D eigenvalue weighted by molar-refractivity contribution is 6.04. The molecule has 0 saturated heterocycles. The van der Waals surface area contributed by atoms with E-state index < -0.39 is 12.0 Å². The highest BCUT2D eigenvalue weighted by Gasteiger charge is 2.24. The third-order valence-corrected chi connectivity index (χ3v) is 4.67. The Morgan fingerprint density at radius 2 is 2.03 bits per heavy atom. The largest absolute Gasteiger partial charge is 0.494 e. The maximum Gasteiger partial charge on any atom is 0.278 e. The first-order valence-corrected chi connectivity index (χ1v) is 9.54. The number of hydrogen-bond acceptors (Lipinski definition) is 6. The van der Waals surface area contributed by atoms with Gasteiger partial charge < -0.3 is 20.1 Å². The molecule has 1 aromatic heterocycles. The fraction of sp³-hybridized carbons (Fsp3) is 0.238. The van der Waals surface area contributed by atoms with E-state index in [1.54, 1.807) is 36.7 Å². The molecule has 1 aliphatic rings. The number of nitrogens with zero attached hydrogens (tertiary/aromatic N) is 3. The molecule has 2 N–H and O–H groups in total. The van der Waals surface area contributed by atoms with E-state index in [-0.39, 0.29) is 11.6 Å². The first-order chi connectivity index (χ1) is 14.5. The van der Waals surface area contributed by atoms with Crippen molar-refractivity contribution in [3.05, 3.63) is 53.9 Å². The second kappa shape index (κ2) is 7.86. The summed E-state index contributed by atoms with van der Waals surface area (Å²) in [6, 6.07) is 12.4. The van der Waals surface area contributed by atoms with Gasteiger partial charge in [-0.2, -0.15) is 0 Å². The third-order valence-electron chi connectivity index (χ3n) is 4.67. The normalized spacial score (nSPS) is 15.0. The van der Waals surface area contributed by atoms with Crippen LogP contribution in [-0.2, 0) is 4.79 Å². The SMILES string of the molecule is CCOc1ccc(-n2nnc(C(=O)Nc3ccc4c(c3)NC(=O)[C@@H](C)O4)c2C)cc1. The molecule has 0 spiro atoms. The number of hydrogen-bond donors (Lipinski definition) is 2. The lowest BCUT2D eigenvalue weighted by molar-refractivity contribution is -0.122. The number of fused-ring (bicyclic) bond motifs is 1. The molecule has 30 heavy (non-hydrogen) atoms. The fourth-order valence-electron chi connectivity index (χ4n) is 3.11. The molecule has 154 valence electrons. The Morgan fingerprint density at radius 3 is 2.77 bits per heavy atom. The van der Waals surface area contributed by atoms with Crippen LogP contribution < -0.4 is 20.1 Å². The average molecular weight is 407 g/mol. The van der Waals surface area contributed by atoms with Crippen LogP contribution in [0.25, 0.3) is 5.69 Å². The molecule has 3 aromatic rings. The van der Waals surface area contributed by atoms with Crippen LogP contribution in [0, 0.1) is 6.92 Å². The van der Waals surface area contributed by atoms with Crippen LogP contribution in [0.2, 0.25) is 0 Å². The number of ether oxygens (including phenoxy) is 2. The molecule has 9 heteroatoms. The van der Waals surface area contributed by atoms with E-state index >= 15 is 0 Å². The van der Waals surface area contributed by atoms with Gasteiger partial charge >= 0.3 is 0 Å². The Bertz CT molecular complexity index is 1110. The van der Waals surface area contributed by atoms with Gasteiger partial charge in [0, 0.05) is 5.69 Å². The number of amides is 2. The predicted octanol–water partition coefficient (Wildman–Crippen LogP) is 2.95. The molecule has 2 heterocycles. The molecule has 9 nitrogen and oxygen atoms in total. The van der Waals surface area contributed by atoms with Crippen LogP contribution in [0.1, 0.15) is 30.0 Å². The summed E-state index contributed by atoms with van der Waals surface area (Å²) in [4.78, 5) is 24.5. The minimum atomic E-state index is -0.557. The van der Waals surface area contributed by atoms with Crippen molar-refractivity contribution < 1.29 is 19.1 Å². The third kappa shape index (κ3) is 3.69. The maximum atomic E-state index is 12.7. The summed E-state index contributed by atoms with van der Waals surface area (Å²) in [5.74, 6) is 0.675. The van der Waals surface area contributed by atoms with Gasteiger partial charge in [0.25, 0.3) is 11.8 Å². The summed E-state index contributed by atoms with van der Waals surface area (Å²) < 4.78 is 12.6. The Labute approximate surface area is 173 Å². The Morgan fingerprint density at radius 1 is 1.27 bits per heavy atom. The van der Waals surface area contributed by atoms with Crippen molar-refractivity contribution in [1.29, 1.82) is 0 Å². The van der Waals surface area contributed by atoms with Gasteiger partial charge in [-0.3, -0.25) is 9.59 Å². The molecule has 1 atom stereocenters. The van der Waals surface area contributed by atoms with Gasteiger partial charge in [-0.15, -0.1) is 5.10 Å². The van der Waals surface area contributed by atoms with Gasteiger partial charge in [0.1, 0.15) is 11.5 Å². The van der Waals surface area contributed by atoms with Crippen LogP contribution in [0.15, 0.2) is 42.5 Å². The second-order valence-electron chi connectivity index (χ2n) is 6.78. The van der Waals surface area contributed by atoms with Crippen LogP contribution in [-0.4, -0.2) is 39.5 Å². The van der Waals surface area contributed by atoms with Crippen molar-refractivity contribution in [2.75, 3.05) is 17.2 Å². The van der Waals surface area contributed by atoms with Crippen molar-refractivity contribution in [3.63, 3.8) is 0 Å².